The van der Waals surface area contributed by atoms with Crippen LogP contribution in [0.2, 0.25) is 5.02 Å². The van der Waals surface area contributed by atoms with E-state index in [1.807, 2.05) is 12.1 Å². The van der Waals surface area contributed by atoms with Gasteiger partial charge in [0.1, 0.15) is 5.58 Å². The van der Waals surface area contributed by atoms with E-state index in [0.29, 0.717) is 16.2 Å². The van der Waals surface area contributed by atoms with Gasteiger partial charge in [-0.2, -0.15) is 0 Å². The lowest BCUT2D eigenvalue weighted by atomic mass is 10.1. The van der Waals surface area contributed by atoms with Crippen LogP contribution in [0.3, 0.4) is 0 Å². The van der Waals surface area contributed by atoms with Crippen molar-refractivity contribution in [3.8, 4) is 0 Å². The molecule has 0 bridgehead atoms. The fourth-order valence-electron chi connectivity index (χ4n) is 2.11. The molecule has 0 spiro atoms. The Morgan fingerprint density at radius 1 is 1.12 bits per heavy atom. The number of para-hydroxylation sites is 1. The standard InChI is InChI=1S/C18H12ClNO4/c1-11(20-24-17(21)12-6-8-14(19)9-7-12)15-10-13-4-2-3-5-16(13)23-18(15)22/h2-10H,1H3/b20-11+. The maximum Gasteiger partial charge on any atom is 0.365 e. The molecular formula is C18H12ClNO4. The zero-order valence-electron chi connectivity index (χ0n) is 12.7. The molecule has 120 valence electrons. The maximum absolute atomic E-state index is 12.0. The molecule has 0 amide bonds. The molecule has 0 aliphatic rings. The minimum atomic E-state index is -0.642. The molecule has 0 saturated carbocycles. The van der Waals surface area contributed by atoms with Crippen molar-refractivity contribution in [3.05, 3.63) is 81.2 Å². The number of hydrogen-bond acceptors (Lipinski definition) is 5. The second-order valence-electron chi connectivity index (χ2n) is 5.05. The summed E-state index contributed by atoms with van der Waals surface area (Å²) in [7, 11) is 0. The smallest absolute Gasteiger partial charge is 0.365 e. The van der Waals surface area contributed by atoms with E-state index in [1.165, 1.54) is 12.1 Å². The van der Waals surface area contributed by atoms with Gasteiger partial charge in [0.25, 0.3) is 0 Å². The van der Waals surface area contributed by atoms with Crippen molar-refractivity contribution < 1.29 is 14.0 Å². The van der Waals surface area contributed by atoms with E-state index in [2.05, 4.69) is 5.16 Å². The van der Waals surface area contributed by atoms with Crippen LogP contribution in [0, 0.1) is 0 Å². The molecule has 0 saturated heterocycles. The second-order valence-corrected chi connectivity index (χ2v) is 5.48. The Bertz CT molecular complexity index is 990. The zero-order valence-corrected chi connectivity index (χ0v) is 13.4. The third-order valence-electron chi connectivity index (χ3n) is 3.38. The normalized spacial score (nSPS) is 11.5. The Morgan fingerprint density at radius 3 is 2.58 bits per heavy atom. The predicted octanol–water partition coefficient (Wildman–Crippen LogP) is 4.03. The molecule has 0 N–H and O–H groups in total. The number of benzene rings is 2. The Labute approximate surface area is 142 Å². The first-order valence-electron chi connectivity index (χ1n) is 7.09. The summed E-state index contributed by atoms with van der Waals surface area (Å²) < 4.78 is 5.23. The maximum atomic E-state index is 12.0. The molecule has 6 heteroatoms. The summed E-state index contributed by atoms with van der Waals surface area (Å²) in [6, 6.07) is 15.0. The van der Waals surface area contributed by atoms with E-state index < -0.39 is 11.6 Å². The lowest BCUT2D eigenvalue weighted by Gasteiger charge is -2.02. The molecule has 0 aliphatic carbocycles. The second kappa shape index (κ2) is 6.68. The van der Waals surface area contributed by atoms with Gasteiger partial charge < -0.3 is 9.25 Å². The van der Waals surface area contributed by atoms with Crippen LogP contribution in [0.25, 0.3) is 11.0 Å². The van der Waals surface area contributed by atoms with Crippen molar-refractivity contribution in [3.63, 3.8) is 0 Å². The van der Waals surface area contributed by atoms with E-state index in [4.69, 9.17) is 20.9 Å². The fourth-order valence-corrected chi connectivity index (χ4v) is 2.24. The van der Waals surface area contributed by atoms with Crippen LogP contribution in [0.1, 0.15) is 22.8 Å². The number of hydrogen-bond donors (Lipinski definition) is 0. The molecule has 1 aromatic heterocycles. The van der Waals surface area contributed by atoms with E-state index in [9.17, 15) is 9.59 Å². The largest absolute Gasteiger partial charge is 0.422 e. The summed E-state index contributed by atoms with van der Waals surface area (Å²) in [6.07, 6.45) is 0. The minimum absolute atomic E-state index is 0.234. The molecule has 1 heterocycles. The van der Waals surface area contributed by atoms with Gasteiger partial charge >= 0.3 is 11.6 Å². The third kappa shape index (κ3) is 3.36. The van der Waals surface area contributed by atoms with Gasteiger partial charge in [-0.3, -0.25) is 0 Å². The Morgan fingerprint density at radius 2 is 1.83 bits per heavy atom. The molecule has 3 rings (SSSR count). The first-order valence-corrected chi connectivity index (χ1v) is 7.47. The first kappa shape index (κ1) is 16.0. The highest BCUT2D eigenvalue weighted by Crippen LogP contribution is 2.14. The predicted molar refractivity (Wildman–Crippen MR) is 91.6 cm³/mol. The van der Waals surface area contributed by atoms with Crippen LogP contribution in [0.5, 0.6) is 0 Å². The highest BCUT2D eigenvalue weighted by atomic mass is 35.5. The average Bonchev–Trinajstić information content (AvgIpc) is 2.59. The van der Waals surface area contributed by atoms with Gasteiger partial charge in [-0.25, -0.2) is 9.59 Å². The minimum Gasteiger partial charge on any atom is -0.422 e. The van der Waals surface area contributed by atoms with Gasteiger partial charge in [-0.05, 0) is 43.3 Å². The van der Waals surface area contributed by atoms with Crippen molar-refractivity contribution in [2.24, 2.45) is 5.16 Å². The SMILES string of the molecule is C/C(=N\OC(=O)c1ccc(Cl)cc1)c1cc2ccccc2oc1=O. The van der Waals surface area contributed by atoms with Gasteiger partial charge in [0.2, 0.25) is 0 Å². The van der Waals surface area contributed by atoms with Crippen LogP contribution >= 0.6 is 11.6 Å². The van der Waals surface area contributed by atoms with E-state index >= 15 is 0 Å². The monoisotopic (exact) mass is 341 g/mol. The zero-order chi connectivity index (χ0) is 17.1. The van der Waals surface area contributed by atoms with Crippen molar-refractivity contribution in [1.29, 1.82) is 0 Å². The summed E-state index contributed by atoms with van der Waals surface area (Å²) >= 11 is 5.76. The molecule has 0 atom stereocenters. The quantitative estimate of drug-likeness (QED) is 0.312. The van der Waals surface area contributed by atoms with Crippen LogP contribution in [0.4, 0.5) is 0 Å². The van der Waals surface area contributed by atoms with E-state index in [1.54, 1.807) is 37.3 Å². The number of rotatable bonds is 3. The summed E-state index contributed by atoms with van der Waals surface area (Å²) in [5.74, 6) is -0.642. The molecule has 2 aromatic carbocycles. The Balaban J connectivity index is 1.85. The topological polar surface area (TPSA) is 68.9 Å². The summed E-state index contributed by atoms with van der Waals surface area (Å²) in [6.45, 7) is 1.57. The molecular weight excluding hydrogens is 330 g/mol. The first-order chi connectivity index (χ1) is 11.5. The van der Waals surface area contributed by atoms with Crippen molar-refractivity contribution in [2.45, 2.75) is 6.92 Å². The van der Waals surface area contributed by atoms with Crippen molar-refractivity contribution >= 4 is 34.3 Å². The highest BCUT2D eigenvalue weighted by Gasteiger charge is 2.11. The van der Waals surface area contributed by atoms with Crippen molar-refractivity contribution in [2.75, 3.05) is 0 Å². The van der Waals surface area contributed by atoms with Crippen LogP contribution < -0.4 is 5.63 Å². The number of nitrogens with zero attached hydrogens (tertiary/aromatic N) is 1. The number of fused-ring (bicyclic) bond motifs is 1. The molecule has 3 aromatic rings. The fraction of sp³-hybridized carbons (Fsp3) is 0.0556. The van der Waals surface area contributed by atoms with Crippen LogP contribution in [-0.2, 0) is 4.84 Å². The average molecular weight is 342 g/mol. The number of carbonyl (C=O) groups is 1. The van der Waals surface area contributed by atoms with Crippen LogP contribution in [-0.4, -0.2) is 11.7 Å². The lowest BCUT2D eigenvalue weighted by molar-refractivity contribution is 0.0516. The molecule has 5 nitrogen and oxygen atoms in total. The van der Waals surface area contributed by atoms with Crippen molar-refractivity contribution in [1.82, 2.24) is 0 Å². The molecule has 0 fully saturated rings. The number of carbonyl (C=O) groups excluding carboxylic acids is 1. The van der Waals surface area contributed by atoms with Gasteiger partial charge in [0, 0.05) is 10.4 Å². The third-order valence-corrected chi connectivity index (χ3v) is 3.63. The number of oxime groups is 1. The summed E-state index contributed by atoms with van der Waals surface area (Å²) in [5, 5.41) is 5.00. The molecule has 24 heavy (non-hydrogen) atoms. The summed E-state index contributed by atoms with van der Waals surface area (Å²) in [5.41, 5.74) is 0.727. The molecule has 0 unspecified atom stereocenters. The summed E-state index contributed by atoms with van der Waals surface area (Å²) in [4.78, 5) is 28.8. The lowest BCUT2D eigenvalue weighted by Crippen LogP contribution is -2.13. The molecule has 0 aliphatic heterocycles. The van der Waals surface area contributed by atoms with Gasteiger partial charge in [-0.1, -0.05) is 35.0 Å². The van der Waals surface area contributed by atoms with Crippen LogP contribution in [0.15, 0.2) is 69.0 Å². The number of halogens is 1. The van der Waals surface area contributed by atoms with E-state index in [0.717, 1.165) is 5.39 Å². The van der Waals surface area contributed by atoms with E-state index in [-0.39, 0.29) is 11.3 Å². The van der Waals surface area contributed by atoms with Gasteiger partial charge in [-0.15, -0.1) is 0 Å². The van der Waals surface area contributed by atoms with Gasteiger partial charge in [0.15, 0.2) is 0 Å². The molecule has 0 radical (unpaired) electrons. The Hall–Kier alpha value is -2.92. The van der Waals surface area contributed by atoms with Gasteiger partial charge in [0.05, 0.1) is 16.8 Å². The highest BCUT2D eigenvalue weighted by molar-refractivity contribution is 6.30. The Kier molecular flexibility index (Phi) is 4.44.